The molecule has 0 aliphatic rings. The van der Waals surface area contributed by atoms with Crippen LogP contribution in [0.25, 0.3) is 0 Å². The molecule has 0 aliphatic heterocycles. The Kier molecular flexibility index (Phi) is 3.74. The predicted molar refractivity (Wildman–Crippen MR) is 70.4 cm³/mol. The van der Waals surface area contributed by atoms with Gasteiger partial charge in [0.15, 0.2) is 0 Å². The van der Waals surface area contributed by atoms with Crippen LogP contribution in [0, 0.1) is 5.82 Å². The number of aromatic nitrogens is 1. The highest BCUT2D eigenvalue weighted by atomic mass is 79.9. The molecule has 0 spiro atoms. The molecular weight excluding hydrogens is 283 g/mol. The number of nitrogens with zero attached hydrogens (tertiary/aromatic N) is 1. The molecule has 1 aromatic heterocycles. The molecule has 0 radical (unpaired) electrons. The zero-order chi connectivity index (χ0) is 12.3. The Labute approximate surface area is 108 Å². The van der Waals surface area contributed by atoms with Gasteiger partial charge in [0, 0.05) is 16.2 Å². The van der Waals surface area contributed by atoms with E-state index in [1.165, 1.54) is 6.07 Å². The molecule has 17 heavy (non-hydrogen) atoms. The molecule has 0 aliphatic carbocycles. The van der Waals surface area contributed by atoms with Gasteiger partial charge in [-0.2, -0.15) is 0 Å². The van der Waals surface area contributed by atoms with Gasteiger partial charge in [0.05, 0.1) is 17.9 Å². The largest absolute Gasteiger partial charge is 0.377 e. The van der Waals surface area contributed by atoms with E-state index in [1.54, 1.807) is 24.5 Å². The number of halogens is 2. The Morgan fingerprint density at radius 3 is 2.76 bits per heavy atom. The normalized spacial score (nSPS) is 12.2. The van der Waals surface area contributed by atoms with E-state index in [-0.39, 0.29) is 11.9 Å². The summed E-state index contributed by atoms with van der Waals surface area (Å²) in [4.78, 5) is 4.05. The SMILES string of the molecule is CC(Nc1cncc(Br)c1)c1ccccc1F. The molecule has 2 rings (SSSR count). The average molecular weight is 295 g/mol. The zero-order valence-corrected chi connectivity index (χ0v) is 10.9. The first-order chi connectivity index (χ1) is 8.16. The first kappa shape index (κ1) is 12.0. The third-order valence-electron chi connectivity index (χ3n) is 2.46. The van der Waals surface area contributed by atoms with Crippen molar-refractivity contribution < 1.29 is 4.39 Å². The van der Waals surface area contributed by atoms with Gasteiger partial charge in [0.2, 0.25) is 0 Å². The lowest BCUT2D eigenvalue weighted by Crippen LogP contribution is -2.08. The second-order valence-corrected chi connectivity index (χ2v) is 4.70. The minimum Gasteiger partial charge on any atom is -0.377 e. The van der Waals surface area contributed by atoms with Crippen molar-refractivity contribution in [1.29, 1.82) is 0 Å². The fraction of sp³-hybridized carbons (Fsp3) is 0.154. The lowest BCUT2D eigenvalue weighted by molar-refractivity contribution is 0.600. The monoisotopic (exact) mass is 294 g/mol. The molecule has 2 aromatic rings. The third kappa shape index (κ3) is 3.03. The number of hydrogen-bond donors (Lipinski definition) is 1. The second kappa shape index (κ2) is 5.27. The maximum atomic E-state index is 13.6. The molecule has 1 N–H and O–H groups in total. The van der Waals surface area contributed by atoms with E-state index < -0.39 is 0 Å². The van der Waals surface area contributed by atoms with Gasteiger partial charge in [0.25, 0.3) is 0 Å². The van der Waals surface area contributed by atoms with E-state index in [9.17, 15) is 4.39 Å². The maximum Gasteiger partial charge on any atom is 0.128 e. The summed E-state index contributed by atoms with van der Waals surface area (Å²) in [6, 6.07) is 8.56. The maximum absolute atomic E-state index is 13.6. The quantitative estimate of drug-likeness (QED) is 0.919. The van der Waals surface area contributed by atoms with E-state index in [0.717, 1.165) is 10.2 Å². The Morgan fingerprint density at radius 1 is 1.29 bits per heavy atom. The van der Waals surface area contributed by atoms with Crippen LogP contribution in [0.2, 0.25) is 0 Å². The molecule has 0 bridgehead atoms. The molecule has 88 valence electrons. The molecular formula is C13H12BrFN2. The summed E-state index contributed by atoms with van der Waals surface area (Å²) in [6.45, 7) is 1.92. The summed E-state index contributed by atoms with van der Waals surface area (Å²) in [5.41, 5.74) is 1.50. The summed E-state index contributed by atoms with van der Waals surface area (Å²) in [5.74, 6) is -0.199. The van der Waals surface area contributed by atoms with Crippen LogP contribution < -0.4 is 5.32 Å². The topological polar surface area (TPSA) is 24.9 Å². The average Bonchev–Trinajstić information content (AvgIpc) is 2.29. The summed E-state index contributed by atoms with van der Waals surface area (Å²) in [7, 11) is 0. The van der Waals surface area contributed by atoms with Crippen molar-refractivity contribution in [3.05, 3.63) is 58.6 Å². The molecule has 1 heterocycles. The molecule has 1 unspecified atom stereocenters. The van der Waals surface area contributed by atoms with Crippen molar-refractivity contribution in [3.63, 3.8) is 0 Å². The minimum atomic E-state index is -0.199. The van der Waals surface area contributed by atoms with Gasteiger partial charge < -0.3 is 5.32 Å². The fourth-order valence-corrected chi connectivity index (χ4v) is 2.01. The van der Waals surface area contributed by atoms with Crippen LogP contribution >= 0.6 is 15.9 Å². The molecule has 4 heteroatoms. The molecule has 2 nitrogen and oxygen atoms in total. The number of hydrogen-bond acceptors (Lipinski definition) is 2. The van der Waals surface area contributed by atoms with Gasteiger partial charge in [-0.1, -0.05) is 18.2 Å². The standard InChI is InChI=1S/C13H12BrFN2/c1-9(12-4-2-3-5-13(12)15)17-11-6-10(14)7-16-8-11/h2-9,17H,1H3. The van der Waals surface area contributed by atoms with Crippen molar-refractivity contribution in [2.75, 3.05) is 5.32 Å². The lowest BCUT2D eigenvalue weighted by Gasteiger charge is -2.16. The van der Waals surface area contributed by atoms with E-state index in [1.807, 2.05) is 19.1 Å². The van der Waals surface area contributed by atoms with Crippen molar-refractivity contribution in [2.24, 2.45) is 0 Å². The van der Waals surface area contributed by atoms with Gasteiger partial charge in [-0.3, -0.25) is 4.98 Å². The van der Waals surface area contributed by atoms with Crippen molar-refractivity contribution in [3.8, 4) is 0 Å². The fourth-order valence-electron chi connectivity index (χ4n) is 1.64. The first-order valence-corrected chi connectivity index (χ1v) is 6.07. The van der Waals surface area contributed by atoms with Gasteiger partial charge >= 0.3 is 0 Å². The first-order valence-electron chi connectivity index (χ1n) is 5.28. The highest BCUT2D eigenvalue weighted by Crippen LogP contribution is 2.22. The number of nitrogens with one attached hydrogen (secondary N) is 1. The summed E-state index contributed by atoms with van der Waals surface area (Å²) in [6.07, 6.45) is 3.42. The minimum absolute atomic E-state index is 0.104. The van der Waals surface area contributed by atoms with Crippen LogP contribution in [0.3, 0.4) is 0 Å². The molecule has 0 fully saturated rings. The van der Waals surface area contributed by atoms with Crippen LogP contribution in [0.4, 0.5) is 10.1 Å². The van der Waals surface area contributed by atoms with Crippen LogP contribution in [0.15, 0.2) is 47.2 Å². The van der Waals surface area contributed by atoms with Gasteiger partial charge in [-0.25, -0.2) is 4.39 Å². The number of rotatable bonds is 3. The lowest BCUT2D eigenvalue weighted by atomic mass is 10.1. The summed E-state index contributed by atoms with van der Waals surface area (Å²) >= 11 is 3.35. The van der Waals surface area contributed by atoms with Gasteiger partial charge in [0.1, 0.15) is 5.82 Å². The summed E-state index contributed by atoms with van der Waals surface area (Å²) in [5, 5.41) is 3.21. The highest BCUT2D eigenvalue weighted by Gasteiger charge is 2.09. The zero-order valence-electron chi connectivity index (χ0n) is 9.32. The van der Waals surface area contributed by atoms with Crippen LogP contribution in [0.1, 0.15) is 18.5 Å². The van der Waals surface area contributed by atoms with Crippen molar-refractivity contribution in [2.45, 2.75) is 13.0 Å². The molecule has 0 saturated carbocycles. The van der Waals surface area contributed by atoms with Crippen molar-refractivity contribution in [1.82, 2.24) is 4.98 Å². The van der Waals surface area contributed by atoms with E-state index in [4.69, 9.17) is 0 Å². The molecule has 0 saturated heterocycles. The van der Waals surface area contributed by atoms with Gasteiger partial charge in [-0.15, -0.1) is 0 Å². The van der Waals surface area contributed by atoms with Crippen LogP contribution in [0.5, 0.6) is 0 Å². The highest BCUT2D eigenvalue weighted by molar-refractivity contribution is 9.10. The Bertz CT molecular complexity index is 516. The Hall–Kier alpha value is -1.42. The third-order valence-corrected chi connectivity index (χ3v) is 2.89. The van der Waals surface area contributed by atoms with Crippen LogP contribution in [-0.2, 0) is 0 Å². The number of anilines is 1. The number of pyridine rings is 1. The van der Waals surface area contributed by atoms with Crippen LogP contribution in [-0.4, -0.2) is 4.98 Å². The van der Waals surface area contributed by atoms with E-state index >= 15 is 0 Å². The van der Waals surface area contributed by atoms with E-state index in [0.29, 0.717) is 5.56 Å². The second-order valence-electron chi connectivity index (χ2n) is 3.78. The molecule has 0 amide bonds. The number of benzene rings is 1. The Balaban J connectivity index is 2.17. The Morgan fingerprint density at radius 2 is 2.06 bits per heavy atom. The molecule has 1 aromatic carbocycles. The van der Waals surface area contributed by atoms with Crippen molar-refractivity contribution >= 4 is 21.6 Å². The predicted octanol–water partition coefficient (Wildman–Crippen LogP) is 4.16. The van der Waals surface area contributed by atoms with Gasteiger partial charge in [-0.05, 0) is 35.0 Å². The smallest absolute Gasteiger partial charge is 0.128 e. The summed E-state index contributed by atoms with van der Waals surface area (Å²) < 4.78 is 14.4. The molecule has 1 atom stereocenters. The van der Waals surface area contributed by atoms with E-state index in [2.05, 4.69) is 26.2 Å².